The van der Waals surface area contributed by atoms with Gasteiger partial charge in [0.15, 0.2) is 9.84 Å². The minimum atomic E-state index is -2.95. The minimum absolute atomic E-state index is 0.0320. The highest BCUT2D eigenvalue weighted by atomic mass is 32.2. The third-order valence-electron chi connectivity index (χ3n) is 3.62. The molecular formula is C11H20N2O3S. The molecule has 0 spiro atoms. The van der Waals surface area contributed by atoms with Gasteiger partial charge in [0.2, 0.25) is 5.91 Å². The third kappa shape index (κ3) is 2.80. The molecule has 2 aliphatic heterocycles. The number of nitrogens with one attached hydrogen (secondary N) is 1. The lowest BCUT2D eigenvalue weighted by Crippen LogP contribution is -2.45. The molecule has 1 N–H and O–H groups in total. The average Bonchev–Trinajstić information content (AvgIpc) is 2.52. The first-order valence-corrected chi connectivity index (χ1v) is 7.96. The van der Waals surface area contributed by atoms with Gasteiger partial charge >= 0.3 is 0 Å². The van der Waals surface area contributed by atoms with Crippen LogP contribution in [-0.4, -0.2) is 55.9 Å². The van der Waals surface area contributed by atoms with Gasteiger partial charge in [0, 0.05) is 13.1 Å². The van der Waals surface area contributed by atoms with Crippen molar-refractivity contribution < 1.29 is 13.2 Å². The fourth-order valence-electron chi connectivity index (χ4n) is 2.55. The second-order valence-electron chi connectivity index (χ2n) is 4.94. The fourth-order valence-corrected chi connectivity index (χ4v) is 4.39. The lowest BCUT2D eigenvalue weighted by atomic mass is 10.2. The Balaban J connectivity index is 2.04. The molecule has 0 aromatic carbocycles. The molecule has 0 aliphatic carbocycles. The minimum Gasteiger partial charge on any atom is -0.340 e. The van der Waals surface area contributed by atoms with E-state index in [-0.39, 0.29) is 23.0 Å². The fraction of sp³-hybridized carbons (Fsp3) is 0.909. The molecule has 0 radical (unpaired) electrons. The Morgan fingerprint density at radius 3 is 2.82 bits per heavy atom. The summed E-state index contributed by atoms with van der Waals surface area (Å²) in [5.74, 6) is 0.317. The SMILES string of the molecule is CC1NCCCN(CC2CCCS2(=O)=O)C1=O. The maximum atomic E-state index is 12.0. The zero-order valence-corrected chi connectivity index (χ0v) is 11.0. The van der Waals surface area contributed by atoms with E-state index >= 15 is 0 Å². The predicted molar refractivity (Wildman–Crippen MR) is 65.5 cm³/mol. The molecule has 6 heteroatoms. The number of nitrogens with zero attached hydrogens (tertiary/aromatic N) is 1. The highest BCUT2D eigenvalue weighted by molar-refractivity contribution is 7.92. The first-order valence-electron chi connectivity index (χ1n) is 6.24. The van der Waals surface area contributed by atoms with Crippen molar-refractivity contribution in [2.75, 3.05) is 25.4 Å². The molecule has 2 fully saturated rings. The highest BCUT2D eigenvalue weighted by Crippen LogP contribution is 2.21. The Kier molecular flexibility index (Phi) is 3.73. The monoisotopic (exact) mass is 260 g/mol. The molecule has 0 aromatic heterocycles. The Bertz CT molecular complexity index is 394. The van der Waals surface area contributed by atoms with E-state index in [1.807, 2.05) is 6.92 Å². The van der Waals surface area contributed by atoms with E-state index in [1.165, 1.54) is 0 Å². The molecule has 2 atom stereocenters. The van der Waals surface area contributed by atoms with Gasteiger partial charge in [-0.2, -0.15) is 0 Å². The second kappa shape index (κ2) is 4.94. The van der Waals surface area contributed by atoms with E-state index < -0.39 is 9.84 Å². The summed E-state index contributed by atoms with van der Waals surface area (Å²) in [6.45, 7) is 3.71. The van der Waals surface area contributed by atoms with Crippen LogP contribution < -0.4 is 5.32 Å². The van der Waals surface area contributed by atoms with E-state index in [4.69, 9.17) is 0 Å². The van der Waals surface area contributed by atoms with Crippen LogP contribution in [0.15, 0.2) is 0 Å². The normalized spacial score (nSPS) is 33.7. The number of hydrogen-bond acceptors (Lipinski definition) is 4. The lowest BCUT2D eigenvalue weighted by molar-refractivity contribution is -0.132. The van der Waals surface area contributed by atoms with Crippen LogP contribution in [0.5, 0.6) is 0 Å². The Morgan fingerprint density at radius 1 is 1.41 bits per heavy atom. The first-order chi connectivity index (χ1) is 8.00. The summed E-state index contributed by atoms with van der Waals surface area (Å²) in [7, 11) is -2.95. The molecule has 98 valence electrons. The van der Waals surface area contributed by atoms with Crippen molar-refractivity contribution in [3.63, 3.8) is 0 Å². The number of hydrogen-bond donors (Lipinski definition) is 1. The molecule has 2 saturated heterocycles. The van der Waals surface area contributed by atoms with Crippen LogP contribution in [0.1, 0.15) is 26.2 Å². The molecule has 0 bridgehead atoms. The maximum Gasteiger partial charge on any atom is 0.239 e. The number of rotatable bonds is 2. The van der Waals surface area contributed by atoms with Gasteiger partial charge in [-0.15, -0.1) is 0 Å². The van der Waals surface area contributed by atoms with Crippen molar-refractivity contribution >= 4 is 15.7 Å². The third-order valence-corrected chi connectivity index (χ3v) is 5.88. The molecule has 2 unspecified atom stereocenters. The molecule has 0 saturated carbocycles. The van der Waals surface area contributed by atoms with Gasteiger partial charge in [0.05, 0.1) is 17.0 Å². The van der Waals surface area contributed by atoms with Gasteiger partial charge in [0.1, 0.15) is 0 Å². The van der Waals surface area contributed by atoms with Crippen LogP contribution in [0.2, 0.25) is 0 Å². The molecule has 2 aliphatic rings. The maximum absolute atomic E-state index is 12.0. The zero-order valence-electron chi connectivity index (χ0n) is 10.2. The smallest absolute Gasteiger partial charge is 0.239 e. The summed E-state index contributed by atoms with van der Waals surface area (Å²) in [5.41, 5.74) is 0. The Morgan fingerprint density at radius 2 is 2.18 bits per heavy atom. The molecule has 17 heavy (non-hydrogen) atoms. The van der Waals surface area contributed by atoms with Crippen LogP contribution in [0.25, 0.3) is 0 Å². The quantitative estimate of drug-likeness (QED) is 0.745. The van der Waals surface area contributed by atoms with Gasteiger partial charge in [-0.1, -0.05) is 0 Å². The molecule has 5 nitrogen and oxygen atoms in total. The van der Waals surface area contributed by atoms with Gasteiger partial charge in [0.25, 0.3) is 0 Å². The summed E-state index contributed by atoms with van der Waals surface area (Å²) in [5, 5.41) is 2.79. The zero-order chi connectivity index (χ0) is 12.5. The Hall–Kier alpha value is -0.620. The van der Waals surface area contributed by atoms with E-state index in [9.17, 15) is 13.2 Å². The summed E-state index contributed by atoms with van der Waals surface area (Å²) < 4.78 is 23.5. The number of carbonyl (C=O) groups excluding carboxylic acids is 1. The summed E-state index contributed by atoms with van der Waals surface area (Å²) in [4.78, 5) is 13.7. The summed E-state index contributed by atoms with van der Waals surface area (Å²) in [6, 6.07) is -0.193. The van der Waals surface area contributed by atoms with Crippen LogP contribution in [0, 0.1) is 0 Å². The summed E-state index contributed by atoms with van der Waals surface area (Å²) in [6.07, 6.45) is 2.33. The van der Waals surface area contributed by atoms with Crippen LogP contribution >= 0.6 is 0 Å². The number of carbonyl (C=O) groups is 1. The van der Waals surface area contributed by atoms with E-state index in [0.717, 1.165) is 19.4 Å². The number of amides is 1. The van der Waals surface area contributed by atoms with Crippen LogP contribution in [0.3, 0.4) is 0 Å². The average molecular weight is 260 g/mol. The van der Waals surface area contributed by atoms with Crippen molar-refractivity contribution in [2.45, 2.75) is 37.5 Å². The predicted octanol–water partition coefficient (Wildman–Crippen LogP) is -0.226. The van der Waals surface area contributed by atoms with Crippen molar-refractivity contribution in [1.29, 1.82) is 0 Å². The van der Waals surface area contributed by atoms with Crippen molar-refractivity contribution in [2.24, 2.45) is 0 Å². The highest BCUT2D eigenvalue weighted by Gasteiger charge is 2.35. The number of sulfone groups is 1. The molecule has 1 amide bonds. The van der Waals surface area contributed by atoms with Crippen LogP contribution in [-0.2, 0) is 14.6 Å². The van der Waals surface area contributed by atoms with E-state index in [1.54, 1.807) is 4.90 Å². The molecule has 2 rings (SSSR count). The van der Waals surface area contributed by atoms with E-state index in [2.05, 4.69) is 5.32 Å². The van der Waals surface area contributed by atoms with Crippen molar-refractivity contribution in [3.8, 4) is 0 Å². The van der Waals surface area contributed by atoms with Gasteiger partial charge in [-0.05, 0) is 32.7 Å². The molecule has 2 heterocycles. The molecule has 0 aromatic rings. The molecular weight excluding hydrogens is 240 g/mol. The van der Waals surface area contributed by atoms with Crippen molar-refractivity contribution in [1.82, 2.24) is 10.2 Å². The summed E-state index contributed by atoms with van der Waals surface area (Å²) >= 11 is 0. The standard InChI is InChI=1S/C11H20N2O3S/c1-9-11(14)13(6-3-5-12-9)8-10-4-2-7-17(10,15)16/h9-10,12H,2-8H2,1H3. The Labute approximate surface area is 102 Å². The van der Waals surface area contributed by atoms with Crippen molar-refractivity contribution in [3.05, 3.63) is 0 Å². The second-order valence-corrected chi connectivity index (χ2v) is 7.35. The topological polar surface area (TPSA) is 66.5 Å². The first kappa shape index (κ1) is 12.8. The van der Waals surface area contributed by atoms with Gasteiger partial charge in [-0.25, -0.2) is 8.42 Å². The van der Waals surface area contributed by atoms with E-state index in [0.29, 0.717) is 19.5 Å². The van der Waals surface area contributed by atoms with Gasteiger partial charge in [-0.3, -0.25) is 4.79 Å². The van der Waals surface area contributed by atoms with Crippen LogP contribution in [0.4, 0.5) is 0 Å². The largest absolute Gasteiger partial charge is 0.340 e. The lowest BCUT2D eigenvalue weighted by Gasteiger charge is -2.25. The van der Waals surface area contributed by atoms with Gasteiger partial charge < -0.3 is 10.2 Å².